The first-order chi connectivity index (χ1) is 8.54. The molecule has 0 aliphatic rings. The molecule has 0 amide bonds. The highest BCUT2D eigenvalue weighted by Crippen LogP contribution is 2.22. The first kappa shape index (κ1) is 12.3. The number of aromatic amines is 1. The van der Waals surface area contributed by atoms with Crippen LogP contribution in [0.5, 0.6) is 5.88 Å². The summed E-state index contributed by atoms with van der Waals surface area (Å²) in [5, 5.41) is 13.9. The molecule has 2 heterocycles. The standard InChI is InChI=1S/C12H16N4O2/c1-4-16-8(5-6-13-16)10-14-11(17)9(7(2)3)12(18)15-10/h5-7H,4H2,1-3H3,(H2,14,15,17,18). The Hall–Kier alpha value is -2.11. The molecular weight excluding hydrogens is 232 g/mol. The summed E-state index contributed by atoms with van der Waals surface area (Å²) >= 11 is 0. The van der Waals surface area contributed by atoms with Crippen molar-refractivity contribution in [2.24, 2.45) is 0 Å². The van der Waals surface area contributed by atoms with Crippen molar-refractivity contribution in [3.63, 3.8) is 0 Å². The molecule has 0 unspecified atom stereocenters. The van der Waals surface area contributed by atoms with Crippen LogP contribution in [-0.4, -0.2) is 24.9 Å². The van der Waals surface area contributed by atoms with Crippen molar-refractivity contribution in [2.75, 3.05) is 0 Å². The summed E-state index contributed by atoms with van der Waals surface area (Å²) in [6.07, 6.45) is 1.63. The lowest BCUT2D eigenvalue weighted by Gasteiger charge is -2.09. The van der Waals surface area contributed by atoms with Gasteiger partial charge in [-0.05, 0) is 18.9 Å². The number of nitrogens with zero attached hydrogens (tertiary/aromatic N) is 3. The molecule has 0 aromatic carbocycles. The van der Waals surface area contributed by atoms with Crippen molar-refractivity contribution in [1.29, 1.82) is 0 Å². The van der Waals surface area contributed by atoms with Crippen LogP contribution in [0.2, 0.25) is 0 Å². The van der Waals surface area contributed by atoms with Gasteiger partial charge in [0.2, 0.25) is 5.88 Å². The van der Waals surface area contributed by atoms with Crippen LogP contribution >= 0.6 is 0 Å². The molecule has 0 bridgehead atoms. The Morgan fingerprint density at radius 2 is 2.22 bits per heavy atom. The highest BCUT2D eigenvalue weighted by atomic mass is 16.3. The summed E-state index contributed by atoms with van der Waals surface area (Å²) in [5.74, 6) is 0.0419. The molecule has 18 heavy (non-hydrogen) atoms. The fourth-order valence-electron chi connectivity index (χ4n) is 1.90. The van der Waals surface area contributed by atoms with E-state index in [1.54, 1.807) is 16.9 Å². The molecule has 6 nitrogen and oxygen atoms in total. The number of aromatic nitrogens is 4. The Morgan fingerprint density at radius 3 is 2.78 bits per heavy atom. The summed E-state index contributed by atoms with van der Waals surface area (Å²) in [7, 11) is 0. The van der Waals surface area contributed by atoms with E-state index < -0.39 is 0 Å². The van der Waals surface area contributed by atoms with Gasteiger partial charge in [-0.2, -0.15) is 10.1 Å². The molecule has 96 valence electrons. The second-order valence-corrected chi connectivity index (χ2v) is 4.34. The summed E-state index contributed by atoms with van der Waals surface area (Å²) in [6.45, 7) is 6.28. The van der Waals surface area contributed by atoms with E-state index in [9.17, 15) is 9.90 Å². The second-order valence-electron chi connectivity index (χ2n) is 4.34. The van der Waals surface area contributed by atoms with Gasteiger partial charge >= 0.3 is 0 Å². The molecule has 2 N–H and O–H groups in total. The zero-order valence-corrected chi connectivity index (χ0v) is 10.6. The van der Waals surface area contributed by atoms with Crippen molar-refractivity contribution >= 4 is 0 Å². The van der Waals surface area contributed by atoms with Crippen molar-refractivity contribution in [3.8, 4) is 17.4 Å². The minimum atomic E-state index is -0.309. The van der Waals surface area contributed by atoms with Gasteiger partial charge in [-0.15, -0.1) is 0 Å². The van der Waals surface area contributed by atoms with Crippen LogP contribution < -0.4 is 5.56 Å². The Balaban J connectivity index is 2.59. The first-order valence-corrected chi connectivity index (χ1v) is 5.90. The molecule has 2 rings (SSSR count). The van der Waals surface area contributed by atoms with Gasteiger partial charge in [-0.25, -0.2) is 0 Å². The molecular formula is C12H16N4O2. The quantitative estimate of drug-likeness (QED) is 0.861. The van der Waals surface area contributed by atoms with Gasteiger partial charge < -0.3 is 10.1 Å². The van der Waals surface area contributed by atoms with Crippen LogP contribution in [0.15, 0.2) is 17.1 Å². The van der Waals surface area contributed by atoms with Crippen LogP contribution in [0.25, 0.3) is 11.5 Å². The lowest BCUT2D eigenvalue weighted by atomic mass is 10.1. The summed E-state index contributed by atoms with van der Waals surface area (Å²) in [4.78, 5) is 18.6. The van der Waals surface area contributed by atoms with Crippen LogP contribution in [0.4, 0.5) is 0 Å². The minimum absolute atomic E-state index is 0.0774. The third-order valence-corrected chi connectivity index (χ3v) is 2.77. The maximum atomic E-state index is 11.9. The highest BCUT2D eigenvalue weighted by Gasteiger charge is 2.16. The number of hydrogen-bond acceptors (Lipinski definition) is 4. The Morgan fingerprint density at radius 1 is 1.50 bits per heavy atom. The number of rotatable bonds is 3. The smallest absolute Gasteiger partial charge is 0.258 e. The lowest BCUT2D eigenvalue weighted by molar-refractivity contribution is 0.440. The minimum Gasteiger partial charge on any atom is -0.493 e. The van der Waals surface area contributed by atoms with Crippen LogP contribution in [0.1, 0.15) is 32.3 Å². The monoisotopic (exact) mass is 248 g/mol. The summed E-state index contributed by atoms with van der Waals surface area (Å²) in [6, 6.07) is 1.75. The number of nitrogens with one attached hydrogen (secondary N) is 1. The Kier molecular flexibility index (Phi) is 3.18. The molecule has 0 radical (unpaired) electrons. The SMILES string of the molecule is CCn1nccc1-c1nc(O)c(C(C)C)c(=O)[nH]1. The zero-order chi connectivity index (χ0) is 13.3. The van der Waals surface area contributed by atoms with E-state index in [1.807, 2.05) is 20.8 Å². The van der Waals surface area contributed by atoms with E-state index in [4.69, 9.17) is 0 Å². The molecule has 0 atom stereocenters. The van der Waals surface area contributed by atoms with Crippen LogP contribution in [0.3, 0.4) is 0 Å². The number of H-pyrrole nitrogens is 1. The Bertz CT molecular complexity index is 613. The van der Waals surface area contributed by atoms with E-state index in [2.05, 4.69) is 15.1 Å². The molecule has 6 heteroatoms. The van der Waals surface area contributed by atoms with Crippen LogP contribution in [-0.2, 0) is 6.54 Å². The fourth-order valence-corrected chi connectivity index (χ4v) is 1.90. The predicted octanol–water partition coefficient (Wildman–Crippen LogP) is 1.48. The maximum absolute atomic E-state index is 11.9. The van der Waals surface area contributed by atoms with E-state index in [-0.39, 0.29) is 17.4 Å². The van der Waals surface area contributed by atoms with Crippen LogP contribution in [0, 0.1) is 0 Å². The molecule has 0 aliphatic heterocycles. The molecule has 0 aliphatic carbocycles. The predicted molar refractivity (Wildman–Crippen MR) is 67.5 cm³/mol. The largest absolute Gasteiger partial charge is 0.493 e. The van der Waals surface area contributed by atoms with Crippen molar-refractivity contribution in [2.45, 2.75) is 33.2 Å². The van der Waals surface area contributed by atoms with Gasteiger partial charge in [0, 0.05) is 12.7 Å². The normalized spacial score (nSPS) is 11.1. The number of aromatic hydroxyl groups is 1. The average molecular weight is 248 g/mol. The Labute approximate surface area is 104 Å². The second kappa shape index (κ2) is 4.64. The van der Waals surface area contributed by atoms with Gasteiger partial charge in [0.05, 0.1) is 5.56 Å². The van der Waals surface area contributed by atoms with Gasteiger partial charge in [0.1, 0.15) is 5.69 Å². The fraction of sp³-hybridized carbons (Fsp3) is 0.417. The van der Waals surface area contributed by atoms with Crippen molar-refractivity contribution < 1.29 is 5.11 Å². The summed E-state index contributed by atoms with van der Waals surface area (Å²) < 4.78 is 1.70. The average Bonchev–Trinajstić information content (AvgIpc) is 2.75. The molecule has 2 aromatic heterocycles. The van der Waals surface area contributed by atoms with E-state index >= 15 is 0 Å². The number of hydrogen-bond donors (Lipinski definition) is 2. The molecule has 0 saturated carbocycles. The third kappa shape index (κ3) is 2.01. The van der Waals surface area contributed by atoms with Crippen molar-refractivity contribution in [1.82, 2.24) is 19.7 Å². The van der Waals surface area contributed by atoms with Gasteiger partial charge in [-0.1, -0.05) is 13.8 Å². The molecule has 2 aromatic rings. The van der Waals surface area contributed by atoms with Gasteiger partial charge in [-0.3, -0.25) is 9.48 Å². The lowest BCUT2D eigenvalue weighted by Crippen LogP contribution is -2.17. The van der Waals surface area contributed by atoms with E-state index in [0.717, 1.165) is 0 Å². The van der Waals surface area contributed by atoms with Crippen molar-refractivity contribution in [3.05, 3.63) is 28.2 Å². The zero-order valence-electron chi connectivity index (χ0n) is 10.6. The summed E-state index contributed by atoms with van der Waals surface area (Å²) in [5.41, 5.74) is 0.679. The molecule has 0 saturated heterocycles. The van der Waals surface area contributed by atoms with E-state index in [0.29, 0.717) is 23.6 Å². The third-order valence-electron chi connectivity index (χ3n) is 2.77. The topological polar surface area (TPSA) is 83.8 Å². The van der Waals surface area contributed by atoms with Gasteiger partial charge in [0.25, 0.3) is 5.56 Å². The number of aryl methyl sites for hydroxylation is 1. The maximum Gasteiger partial charge on any atom is 0.258 e. The highest BCUT2D eigenvalue weighted by molar-refractivity contribution is 5.50. The first-order valence-electron chi connectivity index (χ1n) is 5.90. The van der Waals surface area contributed by atoms with Gasteiger partial charge in [0.15, 0.2) is 5.82 Å². The molecule has 0 spiro atoms. The van der Waals surface area contributed by atoms with E-state index in [1.165, 1.54) is 0 Å². The molecule has 0 fully saturated rings.